The number of anilines is 1. The lowest BCUT2D eigenvalue weighted by atomic mass is 10.2. The lowest BCUT2D eigenvalue weighted by Crippen LogP contribution is -2.19. The molecule has 0 aliphatic heterocycles. The van der Waals surface area contributed by atoms with Gasteiger partial charge in [-0.25, -0.2) is 10.4 Å². The highest BCUT2D eigenvalue weighted by molar-refractivity contribution is 9.10. The number of aromatic nitrogens is 1. The zero-order valence-corrected chi connectivity index (χ0v) is 13.6. The molecule has 0 fully saturated rings. The van der Waals surface area contributed by atoms with E-state index in [9.17, 15) is 4.79 Å². The SMILES string of the molecule is COc1ccc(/C=N/NC(=O)Cc2csc(N)n2)cc1Br. The van der Waals surface area contributed by atoms with Gasteiger partial charge in [-0.2, -0.15) is 5.10 Å². The molecule has 21 heavy (non-hydrogen) atoms. The third-order valence-electron chi connectivity index (χ3n) is 2.49. The van der Waals surface area contributed by atoms with Crippen molar-refractivity contribution in [3.05, 3.63) is 39.3 Å². The molecule has 1 aromatic heterocycles. The van der Waals surface area contributed by atoms with Crippen LogP contribution in [-0.2, 0) is 11.2 Å². The minimum atomic E-state index is -0.246. The molecule has 6 nitrogen and oxygen atoms in total. The number of hydrazone groups is 1. The van der Waals surface area contributed by atoms with Gasteiger partial charge in [0.2, 0.25) is 5.91 Å². The Morgan fingerprint density at radius 3 is 3.05 bits per heavy atom. The van der Waals surface area contributed by atoms with Crippen LogP contribution >= 0.6 is 27.3 Å². The summed E-state index contributed by atoms with van der Waals surface area (Å²) >= 11 is 4.69. The van der Waals surface area contributed by atoms with E-state index in [0.717, 1.165) is 15.8 Å². The van der Waals surface area contributed by atoms with Gasteiger partial charge < -0.3 is 10.5 Å². The molecule has 0 saturated heterocycles. The minimum absolute atomic E-state index is 0.150. The molecule has 1 aromatic carbocycles. The maximum absolute atomic E-state index is 11.6. The first kappa shape index (κ1) is 15.5. The first-order valence-electron chi connectivity index (χ1n) is 5.94. The third-order valence-corrected chi connectivity index (χ3v) is 3.83. The molecule has 1 amide bonds. The standard InChI is InChI=1S/C13H13BrN4O2S/c1-20-11-3-2-8(4-10(11)14)6-16-18-12(19)5-9-7-21-13(15)17-9/h2-4,6-7H,5H2,1H3,(H2,15,17)(H,18,19)/b16-6+. The van der Waals surface area contributed by atoms with E-state index in [1.165, 1.54) is 11.3 Å². The predicted octanol–water partition coefficient (Wildman–Crippen LogP) is 2.19. The second-order valence-electron chi connectivity index (χ2n) is 4.04. The van der Waals surface area contributed by atoms with E-state index in [-0.39, 0.29) is 12.3 Å². The van der Waals surface area contributed by atoms with Gasteiger partial charge in [0.05, 0.1) is 29.9 Å². The van der Waals surface area contributed by atoms with Crippen molar-refractivity contribution < 1.29 is 9.53 Å². The Hall–Kier alpha value is -1.93. The average molecular weight is 369 g/mol. The van der Waals surface area contributed by atoms with Crippen LogP contribution in [0.3, 0.4) is 0 Å². The topological polar surface area (TPSA) is 89.6 Å². The Balaban J connectivity index is 1.89. The molecule has 3 N–H and O–H groups in total. The second kappa shape index (κ2) is 7.19. The lowest BCUT2D eigenvalue weighted by Gasteiger charge is -2.03. The van der Waals surface area contributed by atoms with E-state index >= 15 is 0 Å². The normalized spacial score (nSPS) is 10.8. The summed E-state index contributed by atoms with van der Waals surface area (Å²) in [6, 6.07) is 5.49. The number of hydrogen-bond donors (Lipinski definition) is 2. The molecule has 2 aromatic rings. The quantitative estimate of drug-likeness (QED) is 0.625. The van der Waals surface area contributed by atoms with Crippen molar-refractivity contribution in [3.63, 3.8) is 0 Å². The summed E-state index contributed by atoms with van der Waals surface area (Å²) in [6.07, 6.45) is 1.70. The monoisotopic (exact) mass is 368 g/mol. The zero-order chi connectivity index (χ0) is 15.2. The van der Waals surface area contributed by atoms with Crippen LogP contribution < -0.4 is 15.9 Å². The number of nitrogen functional groups attached to an aromatic ring is 1. The first-order valence-corrected chi connectivity index (χ1v) is 7.61. The van der Waals surface area contributed by atoms with Gasteiger partial charge in [0.25, 0.3) is 0 Å². The molecule has 0 radical (unpaired) electrons. The smallest absolute Gasteiger partial charge is 0.246 e. The van der Waals surface area contributed by atoms with E-state index in [2.05, 4.69) is 31.4 Å². The van der Waals surface area contributed by atoms with Crippen molar-refractivity contribution in [1.82, 2.24) is 10.4 Å². The van der Waals surface area contributed by atoms with E-state index in [4.69, 9.17) is 10.5 Å². The van der Waals surface area contributed by atoms with Gasteiger partial charge in [-0.3, -0.25) is 4.79 Å². The van der Waals surface area contributed by atoms with Crippen molar-refractivity contribution in [2.75, 3.05) is 12.8 Å². The van der Waals surface area contributed by atoms with Gasteiger partial charge in [0.1, 0.15) is 5.75 Å². The van der Waals surface area contributed by atoms with Crippen LogP contribution in [0.4, 0.5) is 5.13 Å². The Morgan fingerprint density at radius 2 is 2.43 bits per heavy atom. The van der Waals surface area contributed by atoms with Crippen molar-refractivity contribution in [2.45, 2.75) is 6.42 Å². The van der Waals surface area contributed by atoms with Crippen molar-refractivity contribution >= 4 is 44.5 Å². The zero-order valence-electron chi connectivity index (χ0n) is 11.2. The van der Waals surface area contributed by atoms with Crippen LogP contribution in [0.25, 0.3) is 0 Å². The molecule has 0 unspecified atom stereocenters. The van der Waals surface area contributed by atoms with E-state index in [1.54, 1.807) is 18.7 Å². The number of nitrogens with two attached hydrogens (primary N) is 1. The molecular formula is C13H13BrN4O2S. The van der Waals surface area contributed by atoms with Gasteiger partial charge in [0.15, 0.2) is 5.13 Å². The van der Waals surface area contributed by atoms with Gasteiger partial charge in [-0.1, -0.05) is 0 Å². The van der Waals surface area contributed by atoms with Crippen LogP contribution in [0.2, 0.25) is 0 Å². The fourth-order valence-corrected chi connectivity index (χ4v) is 2.67. The fourth-order valence-electron chi connectivity index (χ4n) is 1.55. The molecule has 2 rings (SSSR count). The van der Waals surface area contributed by atoms with Crippen molar-refractivity contribution in [1.29, 1.82) is 0 Å². The van der Waals surface area contributed by atoms with Gasteiger partial charge in [0, 0.05) is 5.38 Å². The Labute approximate surface area is 134 Å². The number of nitrogens with zero attached hydrogens (tertiary/aromatic N) is 2. The number of carbonyl (C=O) groups is 1. The number of carbonyl (C=O) groups excluding carboxylic acids is 1. The summed E-state index contributed by atoms with van der Waals surface area (Å²) in [6.45, 7) is 0. The highest BCUT2D eigenvalue weighted by atomic mass is 79.9. The first-order chi connectivity index (χ1) is 10.1. The lowest BCUT2D eigenvalue weighted by molar-refractivity contribution is -0.120. The number of benzene rings is 1. The van der Waals surface area contributed by atoms with Crippen LogP contribution in [0.5, 0.6) is 5.75 Å². The van der Waals surface area contributed by atoms with E-state index < -0.39 is 0 Å². The largest absolute Gasteiger partial charge is 0.496 e. The van der Waals surface area contributed by atoms with Crippen LogP contribution in [0.1, 0.15) is 11.3 Å². The second-order valence-corrected chi connectivity index (χ2v) is 5.79. The maximum Gasteiger partial charge on any atom is 0.246 e. The molecule has 0 aliphatic carbocycles. The number of halogens is 1. The number of ether oxygens (including phenoxy) is 1. The van der Waals surface area contributed by atoms with E-state index in [1.807, 2.05) is 18.2 Å². The van der Waals surface area contributed by atoms with Gasteiger partial charge >= 0.3 is 0 Å². The summed E-state index contributed by atoms with van der Waals surface area (Å²) < 4.78 is 5.95. The number of hydrogen-bond acceptors (Lipinski definition) is 6. The number of rotatable bonds is 5. The number of amides is 1. The Kier molecular flexibility index (Phi) is 5.29. The summed E-state index contributed by atoms with van der Waals surface area (Å²) in [5.74, 6) is 0.487. The molecule has 110 valence electrons. The highest BCUT2D eigenvalue weighted by Gasteiger charge is 2.05. The molecule has 0 bridgehead atoms. The predicted molar refractivity (Wildman–Crippen MR) is 86.7 cm³/mol. The van der Waals surface area contributed by atoms with Crippen molar-refractivity contribution in [3.8, 4) is 5.75 Å². The van der Waals surface area contributed by atoms with Crippen LogP contribution in [0, 0.1) is 0 Å². The van der Waals surface area contributed by atoms with Crippen LogP contribution in [-0.4, -0.2) is 24.2 Å². The fraction of sp³-hybridized carbons (Fsp3) is 0.154. The number of nitrogens with one attached hydrogen (secondary N) is 1. The van der Waals surface area contributed by atoms with E-state index in [0.29, 0.717) is 10.8 Å². The van der Waals surface area contributed by atoms with Crippen molar-refractivity contribution in [2.24, 2.45) is 5.10 Å². The molecule has 1 heterocycles. The summed E-state index contributed by atoms with van der Waals surface area (Å²) in [4.78, 5) is 15.7. The summed E-state index contributed by atoms with van der Waals surface area (Å²) in [7, 11) is 1.60. The van der Waals surface area contributed by atoms with Gasteiger partial charge in [-0.15, -0.1) is 11.3 Å². The maximum atomic E-state index is 11.6. The Morgan fingerprint density at radius 1 is 1.62 bits per heavy atom. The Bertz CT molecular complexity index is 672. The number of methoxy groups -OCH3 is 1. The molecule has 0 aliphatic rings. The third kappa shape index (κ3) is 4.54. The molecule has 0 spiro atoms. The van der Waals surface area contributed by atoms with Gasteiger partial charge in [-0.05, 0) is 39.7 Å². The molecule has 8 heteroatoms. The highest BCUT2D eigenvalue weighted by Crippen LogP contribution is 2.24. The molecule has 0 atom stereocenters. The van der Waals surface area contributed by atoms with Crippen LogP contribution in [0.15, 0.2) is 33.2 Å². The summed E-state index contributed by atoms with van der Waals surface area (Å²) in [5, 5.41) is 6.10. The minimum Gasteiger partial charge on any atom is -0.496 e. The molecule has 0 saturated carbocycles. The molecular weight excluding hydrogens is 356 g/mol. The average Bonchev–Trinajstić information content (AvgIpc) is 2.84. The summed E-state index contributed by atoms with van der Waals surface area (Å²) in [5.41, 5.74) is 9.41. The number of thiazole rings is 1.